The summed E-state index contributed by atoms with van der Waals surface area (Å²) in [6.45, 7) is 0.248. The van der Waals surface area contributed by atoms with Gasteiger partial charge in [0.05, 0.1) is 17.2 Å². The molecule has 0 radical (unpaired) electrons. The smallest absolute Gasteiger partial charge is 0.236 e. The molecule has 0 aliphatic carbocycles. The third-order valence-corrected chi connectivity index (χ3v) is 6.44. The van der Waals surface area contributed by atoms with E-state index in [2.05, 4.69) is 9.50 Å². The zero-order valence-electron chi connectivity index (χ0n) is 16.0. The average molecular weight is 460 g/mol. The van der Waals surface area contributed by atoms with Crippen LogP contribution in [-0.2, 0) is 10.0 Å². The van der Waals surface area contributed by atoms with Crippen LogP contribution in [0.3, 0.4) is 0 Å². The Hall–Kier alpha value is -3.10. The second-order valence-corrected chi connectivity index (χ2v) is 8.77. The van der Waals surface area contributed by atoms with Gasteiger partial charge in [0, 0.05) is 5.92 Å². The standard InChI is InChI=1S/C22H16ClF2N3O2S/c23-22(27-31(29,30)19-12-10-18(25)11-13-19)28-14-20(15-4-2-1-3-5-15)21(26-28)16-6-8-17(24)9-7-16/h1-13,20H,14H2/b27-22+. The van der Waals surface area contributed by atoms with Crippen molar-refractivity contribution in [3.63, 3.8) is 0 Å². The molecule has 5 nitrogen and oxygen atoms in total. The third kappa shape index (κ3) is 4.65. The molecule has 0 amide bonds. The summed E-state index contributed by atoms with van der Waals surface area (Å²) >= 11 is 6.24. The molecule has 1 atom stereocenters. The van der Waals surface area contributed by atoms with E-state index >= 15 is 0 Å². The van der Waals surface area contributed by atoms with Gasteiger partial charge in [-0.2, -0.15) is 13.5 Å². The topological polar surface area (TPSA) is 62.1 Å². The van der Waals surface area contributed by atoms with E-state index in [4.69, 9.17) is 11.6 Å². The van der Waals surface area contributed by atoms with Crippen LogP contribution in [0, 0.1) is 11.6 Å². The maximum atomic E-state index is 13.4. The number of nitrogens with zero attached hydrogens (tertiary/aromatic N) is 3. The van der Waals surface area contributed by atoms with Gasteiger partial charge < -0.3 is 0 Å². The maximum Gasteiger partial charge on any atom is 0.285 e. The number of benzene rings is 3. The van der Waals surface area contributed by atoms with Gasteiger partial charge in [0.2, 0.25) is 5.29 Å². The van der Waals surface area contributed by atoms with Crippen molar-refractivity contribution in [1.29, 1.82) is 0 Å². The van der Waals surface area contributed by atoms with E-state index in [9.17, 15) is 17.2 Å². The van der Waals surface area contributed by atoms with Gasteiger partial charge in [-0.3, -0.25) is 0 Å². The summed E-state index contributed by atoms with van der Waals surface area (Å²) in [6, 6.07) is 19.7. The van der Waals surface area contributed by atoms with E-state index < -0.39 is 15.8 Å². The molecule has 4 rings (SSSR count). The zero-order valence-corrected chi connectivity index (χ0v) is 17.6. The molecule has 0 fully saturated rings. The lowest BCUT2D eigenvalue weighted by Crippen LogP contribution is -2.23. The first kappa shape index (κ1) is 21.1. The Morgan fingerprint density at radius 1 is 0.935 bits per heavy atom. The molecule has 0 saturated heterocycles. The predicted molar refractivity (Wildman–Crippen MR) is 116 cm³/mol. The SMILES string of the molecule is O=S(=O)(/N=C(\Cl)N1CC(c2ccccc2)C(c2ccc(F)cc2)=N1)c1ccc(F)cc1. The first-order valence-corrected chi connectivity index (χ1v) is 11.1. The molecule has 1 heterocycles. The molecule has 0 saturated carbocycles. The van der Waals surface area contributed by atoms with E-state index in [1.54, 1.807) is 12.1 Å². The molecule has 1 unspecified atom stereocenters. The Kier molecular flexibility index (Phi) is 5.84. The molecule has 0 spiro atoms. The Morgan fingerprint density at radius 2 is 1.52 bits per heavy atom. The van der Waals surface area contributed by atoms with Crippen molar-refractivity contribution in [2.45, 2.75) is 10.8 Å². The first-order chi connectivity index (χ1) is 14.8. The zero-order chi connectivity index (χ0) is 22.0. The predicted octanol–water partition coefficient (Wildman–Crippen LogP) is 4.75. The Morgan fingerprint density at radius 3 is 2.13 bits per heavy atom. The van der Waals surface area contributed by atoms with Crippen molar-refractivity contribution in [3.8, 4) is 0 Å². The van der Waals surface area contributed by atoms with Crippen LogP contribution in [0.25, 0.3) is 0 Å². The Labute approximate surface area is 183 Å². The normalized spacial score (nSPS) is 17.0. The fraction of sp³-hybridized carbons (Fsp3) is 0.0909. The minimum absolute atomic E-state index is 0.186. The Bertz CT molecular complexity index is 1250. The van der Waals surface area contributed by atoms with Crippen LogP contribution in [0.4, 0.5) is 8.78 Å². The number of hydrazone groups is 1. The van der Waals surface area contributed by atoms with Crippen molar-refractivity contribution >= 4 is 32.6 Å². The minimum atomic E-state index is -4.15. The number of halogens is 3. The van der Waals surface area contributed by atoms with Gasteiger partial charge in [0.1, 0.15) is 11.6 Å². The second-order valence-electron chi connectivity index (χ2n) is 6.83. The monoisotopic (exact) mass is 459 g/mol. The average Bonchev–Trinajstić information content (AvgIpc) is 3.21. The van der Waals surface area contributed by atoms with Gasteiger partial charge in [-0.05, 0) is 59.1 Å². The van der Waals surface area contributed by atoms with E-state index in [0.29, 0.717) is 11.3 Å². The summed E-state index contributed by atoms with van der Waals surface area (Å²) in [7, 11) is -4.15. The van der Waals surface area contributed by atoms with E-state index in [-0.39, 0.29) is 28.5 Å². The van der Waals surface area contributed by atoms with Crippen molar-refractivity contribution in [3.05, 3.63) is 102 Å². The molecule has 3 aromatic carbocycles. The minimum Gasteiger partial charge on any atom is -0.236 e. The molecule has 1 aliphatic heterocycles. The molecular formula is C22H16ClF2N3O2S. The van der Waals surface area contributed by atoms with Gasteiger partial charge in [0.15, 0.2) is 0 Å². The van der Waals surface area contributed by atoms with Crippen LogP contribution in [0.2, 0.25) is 0 Å². The molecule has 0 N–H and O–H groups in total. The van der Waals surface area contributed by atoms with Crippen LogP contribution in [0.5, 0.6) is 0 Å². The van der Waals surface area contributed by atoms with Crippen molar-refractivity contribution in [2.24, 2.45) is 9.50 Å². The first-order valence-electron chi connectivity index (χ1n) is 9.26. The highest BCUT2D eigenvalue weighted by Crippen LogP contribution is 2.30. The molecule has 158 valence electrons. The summed E-state index contributed by atoms with van der Waals surface area (Å²) < 4.78 is 55.2. The van der Waals surface area contributed by atoms with Gasteiger partial charge in [-0.15, -0.1) is 4.40 Å². The highest BCUT2D eigenvalue weighted by molar-refractivity contribution is 7.90. The molecule has 1 aliphatic rings. The molecule has 3 aromatic rings. The maximum absolute atomic E-state index is 13.4. The molecule has 31 heavy (non-hydrogen) atoms. The largest absolute Gasteiger partial charge is 0.285 e. The van der Waals surface area contributed by atoms with Gasteiger partial charge in [-0.25, -0.2) is 13.8 Å². The van der Waals surface area contributed by atoms with E-state index in [0.717, 1.165) is 29.8 Å². The van der Waals surface area contributed by atoms with E-state index in [1.807, 2.05) is 30.3 Å². The summed E-state index contributed by atoms with van der Waals surface area (Å²) in [5.74, 6) is -1.17. The molecular weight excluding hydrogens is 444 g/mol. The van der Waals surface area contributed by atoms with Crippen LogP contribution in [0.15, 0.2) is 93.3 Å². The lowest BCUT2D eigenvalue weighted by atomic mass is 9.91. The summed E-state index contributed by atoms with van der Waals surface area (Å²) in [5, 5.41) is 5.42. The number of hydrogen-bond donors (Lipinski definition) is 0. The van der Waals surface area contributed by atoms with Crippen molar-refractivity contribution in [2.75, 3.05) is 6.54 Å². The summed E-state index contributed by atoms with van der Waals surface area (Å²) in [5.41, 5.74) is 2.24. The number of sulfonamides is 1. The van der Waals surface area contributed by atoms with Crippen molar-refractivity contribution in [1.82, 2.24) is 5.01 Å². The summed E-state index contributed by atoms with van der Waals surface area (Å²) in [6.07, 6.45) is 0. The number of hydrogen-bond acceptors (Lipinski definition) is 3. The van der Waals surface area contributed by atoms with Crippen LogP contribution < -0.4 is 0 Å². The van der Waals surface area contributed by atoms with Gasteiger partial charge >= 0.3 is 0 Å². The molecule has 0 bridgehead atoms. The third-order valence-electron chi connectivity index (χ3n) is 4.78. The van der Waals surface area contributed by atoms with Crippen LogP contribution in [0.1, 0.15) is 17.0 Å². The summed E-state index contributed by atoms with van der Waals surface area (Å²) in [4.78, 5) is -0.186. The molecule has 9 heteroatoms. The fourth-order valence-electron chi connectivity index (χ4n) is 3.25. The molecule has 0 aromatic heterocycles. The highest BCUT2D eigenvalue weighted by Gasteiger charge is 2.32. The number of amidine groups is 1. The van der Waals surface area contributed by atoms with E-state index in [1.165, 1.54) is 17.1 Å². The Balaban J connectivity index is 1.70. The lowest BCUT2D eigenvalue weighted by Gasteiger charge is -2.15. The van der Waals surface area contributed by atoms with Gasteiger partial charge in [0.25, 0.3) is 10.0 Å². The number of rotatable bonds is 4. The second kappa shape index (κ2) is 8.56. The lowest BCUT2D eigenvalue weighted by molar-refractivity contribution is 0.483. The fourth-order valence-corrected chi connectivity index (χ4v) is 4.51. The highest BCUT2D eigenvalue weighted by atomic mass is 35.5. The van der Waals surface area contributed by atoms with Crippen LogP contribution >= 0.6 is 11.6 Å². The van der Waals surface area contributed by atoms with Gasteiger partial charge in [-0.1, -0.05) is 42.5 Å². The quantitative estimate of drug-likeness (QED) is 0.321. The van der Waals surface area contributed by atoms with Crippen molar-refractivity contribution < 1.29 is 17.2 Å². The van der Waals surface area contributed by atoms with Crippen LogP contribution in [-0.4, -0.2) is 31.0 Å².